The van der Waals surface area contributed by atoms with Gasteiger partial charge in [0.25, 0.3) is 0 Å². The van der Waals surface area contributed by atoms with Crippen molar-refractivity contribution in [3.63, 3.8) is 0 Å². The molecule has 1 aromatic carbocycles. The Labute approximate surface area is 140 Å². The van der Waals surface area contributed by atoms with E-state index in [-0.39, 0.29) is 23.9 Å². The number of carboxylic acid groups (broad SMARTS) is 1. The van der Waals surface area contributed by atoms with Gasteiger partial charge in [0.2, 0.25) is 5.43 Å². The SMILES string of the molecule is O=C(O)CCC(O)=c1c(=O)cc(-c2ccc(Cl)cc2)c2ncnn12. The highest BCUT2D eigenvalue weighted by molar-refractivity contribution is 6.30. The van der Waals surface area contributed by atoms with Gasteiger partial charge in [-0.15, -0.1) is 0 Å². The molecule has 0 fully saturated rings. The van der Waals surface area contributed by atoms with Gasteiger partial charge >= 0.3 is 5.97 Å². The highest BCUT2D eigenvalue weighted by Crippen LogP contribution is 2.22. The zero-order chi connectivity index (χ0) is 17.3. The standard InChI is InChI=1S/C16H12ClN3O4/c17-10-3-1-9(2-4-10)11-7-13(22)15(12(21)5-6-14(23)24)20-16(11)18-8-19-20/h1-4,7-8,21H,5-6H2,(H,23,24). The molecule has 3 aromatic rings. The first-order valence-electron chi connectivity index (χ1n) is 7.04. The van der Waals surface area contributed by atoms with Crippen LogP contribution in [0.15, 0.2) is 41.5 Å². The van der Waals surface area contributed by atoms with Crippen molar-refractivity contribution in [2.45, 2.75) is 12.8 Å². The molecule has 0 radical (unpaired) electrons. The Kier molecular flexibility index (Phi) is 4.18. The molecule has 0 atom stereocenters. The van der Waals surface area contributed by atoms with E-state index in [2.05, 4.69) is 10.1 Å². The van der Waals surface area contributed by atoms with E-state index in [0.717, 1.165) is 5.56 Å². The molecule has 0 saturated carbocycles. The molecule has 2 aromatic heterocycles. The van der Waals surface area contributed by atoms with Gasteiger partial charge in [-0.3, -0.25) is 9.59 Å². The predicted octanol–water partition coefficient (Wildman–Crippen LogP) is 1.66. The smallest absolute Gasteiger partial charge is 0.303 e. The van der Waals surface area contributed by atoms with E-state index in [4.69, 9.17) is 16.7 Å². The Bertz CT molecular complexity index is 1030. The van der Waals surface area contributed by atoms with Crippen molar-refractivity contribution < 1.29 is 15.0 Å². The molecule has 122 valence electrons. The number of nitrogens with zero attached hydrogens (tertiary/aromatic N) is 3. The number of carbonyl (C=O) groups is 1. The number of halogens is 1. The fraction of sp³-hybridized carbons (Fsp3) is 0.125. The van der Waals surface area contributed by atoms with E-state index in [1.807, 2.05) is 0 Å². The van der Waals surface area contributed by atoms with Gasteiger partial charge in [-0.25, -0.2) is 9.50 Å². The summed E-state index contributed by atoms with van der Waals surface area (Å²) in [5, 5.41) is 23.3. The van der Waals surface area contributed by atoms with Crippen LogP contribution < -0.4 is 10.8 Å². The third-order valence-corrected chi connectivity index (χ3v) is 3.77. The Balaban J connectivity index is 2.24. The van der Waals surface area contributed by atoms with E-state index in [9.17, 15) is 14.7 Å². The average Bonchev–Trinajstić information content (AvgIpc) is 3.02. The van der Waals surface area contributed by atoms with E-state index >= 15 is 0 Å². The van der Waals surface area contributed by atoms with Gasteiger partial charge in [-0.2, -0.15) is 5.10 Å². The maximum atomic E-state index is 12.4. The number of aromatic nitrogens is 3. The molecule has 0 saturated heterocycles. The molecular formula is C16H12ClN3O4. The van der Waals surface area contributed by atoms with E-state index in [1.54, 1.807) is 24.3 Å². The molecule has 0 aliphatic heterocycles. The number of benzene rings is 1. The van der Waals surface area contributed by atoms with Crippen LogP contribution in [0, 0.1) is 0 Å². The van der Waals surface area contributed by atoms with Crippen molar-refractivity contribution in [2.24, 2.45) is 0 Å². The minimum atomic E-state index is -1.07. The van der Waals surface area contributed by atoms with Crippen LogP contribution in [0.25, 0.3) is 22.5 Å². The van der Waals surface area contributed by atoms with Gasteiger partial charge in [0, 0.05) is 17.0 Å². The van der Waals surface area contributed by atoms with Crippen LogP contribution in [0.2, 0.25) is 5.02 Å². The van der Waals surface area contributed by atoms with Crippen LogP contribution in [-0.2, 0) is 4.79 Å². The topological polar surface area (TPSA) is 105 Å². The van der Waals surface area contributed by atoms with E-state index in [1.165, 1.54) is 16.9 Å². The summed E-state index contributed by atoms with van der Waals surface area (Å²) in [4.78, 5) is 27.2. The Morgan fingerprint density at radius 3 is 2.54 bits per heavy atom. The molecule has 3 rings (SSSR count). The summed E-state index contributed by atoms with van der Waals surface area (Å²) in [6.45, 7) is 0. The van der Waals surface area contributed by atoms with Crippen molar-refractivity contribution in [1.82, 2.24) is 14.6 Å². The second-order valence-corrected chi connectivity index (χ2v) is 5.55. The van der Waals surface area contributed by atoms with Gasteiger partial charge in [0.05, 0.1) is 6.42 Å². The summed E-state index contributed by atoms with van der Waals surface area (Å²) in [7, 11) is 0. The molecule has 2 N–H and O–H groups in total. The van der Waals surface area contributed by atoms with Crippen molar-refractivity contribution in [3.8, 4) is 11.1 Å². The third kappa shape index (κ3) is 2.93. The number of rotatable bonds is 4. The number of carboxylic acids is 1. The fourth-order valence-corrected chi connectivity index (χ4v) is 2.53. The first kappa shape index (κ1) is 15.9. The number of aliphatic hydroxyl groups is 1. The van der Waals surface area contributed by atoms with Crippen molar-refractivity contribution in [2.75, 3.05) is 0 Å². The number of hydrogen-bond acceptors (Lipinski definition) is 5. The molecule has 0 aliphatic rings. The second-order valence-electron chi connectivity index (χ2n) is 5.11. The summed E-state index contributed by atoms with van der Waals surface area (Å²) in [5.74, 6) is -1.40. The maximum Gasteiger partial charge on any atom is 0.303 e. The van der Waals surface area contributed by atoms with Gasteiger partial charge in [0.15, 0.2) is 11.0 Å². The largest absolute Gasteiger partial charge is 0.510 e. The zero-order valence-corrected chi connectivity index (χ0v) is 13.1. The molecule has 8 heteroatoms. The number of aliphatic carboxylic acids is 1. The Morgan fingerprint density at radius 2 is 1.88 bits per heavy atom. The van der Waals surface area contributed by atoms with Crippen molar-refractivity contribution in [1.29, 1.82) is 0 Å². The van der Waals surface area contributed by atoms with Crippen LogP contribution in [-0.4, -0.2) is 30.8 Å². The molecule has 0 aliphatic carbocycles. The van der Waals surface area contributed by atoms with Crippen LogP contribution in [0.3, 0.4) is 0 Å². The average molecular weight is 346 g/mol. The maximum absolute atomic E-state index is 12.4. The molecular weight excluding hydrogens is 334 g/mol. The highest BCUT2D eigenvalue weighted by Gasteiger charge is 2.13. The van der Waals surface area contributed by atoms with Gasteiger partial charge in [0.1, 0.15) is 12.1 Å². The summed E-state index contributed by atoms with van der Waals surface area (Å²) < 4.78 is 1.23. The van der Waals surface area contributed by atoms with Gasteiger partial charge < -0.3 is 10.2 Å². The lowest BCUT2D eigenvalue weighted by molar-refractivity contribution is -0.136. The van der Waals surface area contributed by atoms with Crippen LogP contribution in [0.4, 0.5) is 0 Å². The lowest BCUT2D eigenvalue weighted by atomic mass is 10.1. The van der Waals surface area contributed by atoms with Crippen molar-refractivity contribution in [3.05, 3.63) is 57.3 Å². The normalized spacial score (nSPS) is 12.4. The van der Waals surface area contributed by atoms with Crippen molar-refractivity contribution >= 4 is 29.0 Å². The molecule has 0 bridgehead atoms. The number of fused-ring (bicyclic) bond motifs is 1. The quantitative estimate of drug-likeness (QED) is 0.745. The molecule has 0 spiro atoms. The fourth-order valence-electron chi connectivity index (χ4n) is 2.41. The summed E-state index contributed by atoms with van der Waals surface area (Å²) >= 11 is 5.88. The first-order chi connectivity index (χ1) is 11.5. The first-order valence-corrected chi connectivity index (χ1v) is 7.42. The second kappa shape index (κ2) is 6.29. The molecule has 24 heavy (non-hydrogen) atoms. The van der Waals surface area contributed by atoms with Crippen LogP contribution in [0.5, 0.6) is 0 Å². The van der Waals surface area contributed by atoms with Gasteiger partial charge in [-0.05, 0) is 23.8 Å². The number of hydrogen-bond donors (Lipinski definition) is 2. The highest BCUT2D eigenvalue weighted by atomic mass is 35.5. The lowest BCUT2D eigenvalue weighted by Crippen LogP contribution is -2.34. The number of pyridine rings is 1. The van der Waals surface area contributed by atoms with Gasteiger partial charge in [-0.1, -0.05) is 23.7 Å². The minimum absolute atomic E-state index is 0.0820. The Hall–Kier alpha value is -2.93. The zero-order valence-electron chi connectivity index (χ0n) is 12.3. The van der Waals surface area contributed by atoms with Crippen LogP contribution >= 0.6 is 11.6 Å². The lowest BCUT2D eigenvalue weighted by Gasteiger charge is -2.05. The number of aliphatic hydroxyl groups excluding tert-OH is 1. The minimum Gasteiger partial charge on any atom is -0.510 e. The van der Waals surface area contributed by atoms with E-state index < -0.39 is 11.4 Å². The monoisotopic (exact) mass is 345 g/mol. The molecule has 2 heterocycles. The molecule has 0 unspecified atom stereocenters. The van der Waals surface area contributed by atoms with E-state index in [0.29, 0.717) is 16.2 Å². The molecule has 0 amide bonds. The Morgan fingerprint density at radius 1 is 1.17 bits per heavy atom. The van der Waals surface area contributed by atoms with Crippen LogP contribution in [0.1, 0.15) is 12.8 Å². The predicted molar refractivity (Wildman–Crippen MR) is 87.8 cm³/mol. The summed E-state index contributed by atoms with van der Waals surface area (Å²) in [6.07, 6.45) is 0.808. The summed E-state index contributed by atoms with van der Waals surface area (Å²) in [5.41, 5.74) is 1.18. The summed E-state index contributed by atoms with van der Waals surface area (Å²) in [6, 6.07) is 8.23. The molecule has 7 nitrogen and oxygen atoms in total. The third-order valence-electron chi connectivity index (χ3n) is 3.51.